The molecule has 82 valence electrons. The fraction of sp³-hybridized carbons (Fsp3) is 0.500. The highest BCUT2D eigenvalue weighted by atomic mass is 35.5. The number of rotatable bonds is 3. The molecule has 0 radical (unpaired) electrons. The first-order valence-corrected chi connectivity index (χ1v) is 5.91. The van der Waals surface area contributed by atoms with Crippen LogP contribution in [0.25, 0.3) is 0 Å². The minimum Gasteiger partial charge on any atom is -0.393 e. The highest BCUT2D eigenvalue weighted by molar-refractivity contribution is 6.42. The summed E-state index contributed by atoms with van der Waals surface area (Å²) in [5.41, 5.74) is 1.25. The van der Waals surface area contributed by atoms with Gasteiger partial charge in [0.1, 0.15) is 0 Å². The van der Waals surface area contributed by atoms with E-state index in [2.05, 4.69) is 0 Å². The second-order valence-electron chi connectivity index (χ2n) is 4.46. The van der Waals surface area contributed by atoms with Crippen LogP contribution >= 0.6 is 23.2 Å². The molecule has 1 nitrogen and oxygen atoms in total. The third-order valence-corrected chi connectivity index (χ3v) is 4.06. The lowest BCUT2D eigenvalue weighted by Crippen LogP contribution is -2.20. The average molecular weight is 245 g/mol. The van der Waals surface area contributed by atoms with Crippen LogP contribution in [0.4, 0.5) is 0 Å². The summed E-state index contributed by atoms with van der Waals surface area (Å²) >= 11 is 11.8. The highest BCUT2D eigenvalue weighted by Gasteiger charge is 2.46. The molecule has 1 N–H and O–H groups in total. The second-order valence-corrected chi connectivity index (χ2v) is 5.28. The van der Waals surface area contributed by atoms with Crippen molar-refractivity contribution in [1.29, 1.82) is 0 Å². The molecular formula is C12H14Cl2O. The molecule has 1 aliphatic rings. The molecule has 3 heteroatoms. The van der Waals surface area contributed by atoms with E-state index < -0.39 is 0 Å². The summed E-state index contributed by atoms with van der Waals surface area (Å²) in [5, 5.41) is 10.8. The molecule has 0 aromatic heterocycles. The van der Waals surface area contributed by atoms with Crippen molar-refractivity contribution in [2.75, 3.05) is 0 Å². The van der Waals surface area contributed by atoms with Crippen LogP contribution < -0.4 is 0 Å². The summed E-state index contributed by atoms with van der Waals surface area (Å²) in [5.74, 6) is 0. The van der Waals surface area contributed by atoms with E-state index >= 15 is 0 Å². The van der Waals surface area contributed by atoms with E-state index in [1.54, 1.807) is 0 Å². The van der Waals surface area contributed by atoms with Gasteiger partial charge in [-0.15, -0.1) is 0 Å². The summed E-state index contributed by atoms with van der Waals surface area (Å²) in [7, 11) is 0. The van der Waals surface area contributed by atoms with Gasteiger partial charge >= 0.3 is 0 Å². The number of aliphatic hydroxyl groups excluding tert-OH is 1. The van der Waals surface area contributed by atoms with Crippen LogP contribution in [0.15, 0.2) is 18.2 Å². The molecule has 1 saturated carbocycles. The van der Waals surface area contributed by atoms with Crippen LogP contribution in [-0.2, 0) is 6.42 Å². The molecule has 0 heterocycles. The number of benzene rings is 1. The van der Waals surface area contributed by atoms with Crippen molar-refractivity contribution in [1.82, 2.24) is 0 Å². The molecule has 15 heavy (non-hydrogen) atoms. The number of hydrogen-bond acceptors (Lipinski definition) is 1. The summed E-state index contributed by atoms with van der Waals surface area (Å²) in [6.07, 6.45) is 2.85. The van der Waals surface area contributed by atoms with E-state index in [4.69, 9.17) is 23.2 Å². The van der Waals surface area contributed by atoms with E-state index in [0.29, 0.717) is 10.0 Å². The van der Waals surface area contributed by atoms with Gasteiger partial charge in [-0.1, -0.05) is 29.3 Å². The minimum absolute atomic E-state index is 0.0944. The van der Waals surface area contributed by atoms with Gasteiger partial charge in [-0.3, -0.25) is 0 Å². The number of hydrogen-bond donors (Lipinski definition) is 1. The first-order valence-electron chi connectivity index (χ1n) is 5.15. The third-order valence-electron chi connectivity index (χ3n) is 3.32. The van der Waals surface area contributed by atoms with Crippen LogP contribution in [0.5, 0.6) is 0 Å². The van der Waals surface area contributed by atoms with Gasteiger partial charge in [0.2, 0.25) is 0 Å². The first-order chi connectivity index (χ1) is 7.03. The highest BCUT2D eigenvalue weighted by Crippen LogP contribution is 2.51. The molecule has 0 bridgehead atoms. The van der Waals surface area contributed by atoms with Crippen molar-refractivity contribution in [2.45, 2.75) is 32.3 Å². The Balaban J connectivity index is 2.15. The lowest BCUT2D eigenvalue weighted by atomic mass is 9.92. The van der Waals surface area contributed by atoms with Gasteiger partial charge in [0.15, 0.2) is 0 Å². The monoisotopic (exact) mass is 244 g/mol. The van der Waals surface area contributed by atoms with E-state index in [-0.39, 0.29) is 11.5 Å². The Kier molecular flexibility index (Phi) is 2.98. The van der Waals surface area contributed by atoms with Gasteiger partial charge in [-0.05, 0) is 43.9 Å². The number of aliphatic hydroxyl groups is 1. The zero-order valence-electron chi connectivity index (χ0n) is 8.63. The largest absolute Gasteiger partial charge is 0.393 e. The molecular weight excluding hydrogens is 231 g/mol. The molecule has 1 aromatic rings. The van der Waals surface area contributed by atoms with Crippen molar-refractivity contribution in [3.05, 3.63) is 33.8 Å². The zero-order chi connectivity index (χ0) is 11.1. The zero-order valence-corrected chi connectivity index (χ0v) is 10.1. The van der Waals surface area contributed by atoms with Crippen molar-refractivity contribution >= 4 is 23.2 Å². The summed E-state index contributed by atoms with van der Waals surface area (Å²) in [6.45, 7) is 1.87. The van der Waals surface area contributed by atoms with Crippen molar-refractivity contribution in [2.24, 2.45) is 5.41 Å². The maximum absolute atomic E-state index is 9.67. The molecule has 0 aliphatic heterocycles. The Morgan fingerprint density at radius 3 is 2.47 bits per heavy atom. The third kappa shape index (κ3) is 2.30. The van der Waals surface area contributed by atoms with Crippen LogP contribution in [0.3, 0.4) is 0 Å². The smallest absolute Gasteiger partial charge is 0.0595 e. The van der Waals surface area contributed by atoms with Gasteiger partial charge in [0.05, 0.1) is 16.1 Å². The fourth-order valence-corrected chi connectivity index (χ4v) is 2.28. The molecule has 0 amide bonds. The quantitative estimate of drug-likeness (QED) is 0.860. The minimum atomic E-state index is -0.244. The van der Waals surface area contributed by atoms with Gasteiger partial charge in [-0.2, -0.15) is 0 Å². The Hall–Kier alpha value is -0.240. The normalized spacial score (nSPS) is 20.0. The van der Waals surface area contributed by atoms with E-state index in [1.807, 2.05) is 25.1 Å². The molecule has 1 aliphatic carbocycles. The molecule has 1 atom stereocenters. The Morgan fingerprint density at radius 1 is 1.33 bits per heavy atom. The SMILES string of the molecule is CC(O)C1(Cc2ccc(Cl)c(Cl)c2)CC1. The maximum atomic E-state index is 9.67. The van der Waals surface area contributed by atoms with Gasteiger partial charge in [0.25, 0.3) is 0 Å². The van der Waals surface area contributed by atoms with Crippen LogP contribution in [0, 0.1) is 5.41 Å². The van der Waals surface area contributed by atoms with Gasteiger partial charge < -0.3 is 5.11 Å². The Labute approximate surface area is 100 Å². The topological polar surface area (TPSA) is 20.2 Å². The predicted molar refractivity (Wildman–Crippen MR) is 63.5 cm³/mol. The Bertz CT molecular complexity index is 370. The molecule has 2 rings (SSSR count). The molecule has 1 fully saturated rings. The van der Waals surface area contributed by atoms with Crippen molar-refractivity contribution in [3.8, 4) is 0 Å². The van der Waals surface area contributed by atoms with Crippen molar-refractivity contribution < 1.29 is 5.11 Å². The summed E-state index contributed by atoms with van der Waals surface area (Å²) in [6, 6.07) is 5.69. The molecule has 1 aromatic carbocycles. The first kappa shape index (κ1) is 11.3. The standard InChI is InChI=1S/C12H14Cl2O/c1-8(15)12(4-5-12)7-9-2-3-10(13)11(14)6-9/h2-3,6,8,15H,4-5,7H2,1H3. The lowest BCUT2D eigenvalue weighted by Gasteiger charge is -2.18. The van der Waals surface area contributed by atoms with Crippen LogP contribution in [0.1, 0.15) is 25.3 Å². The molecule has 0 saturated heterocycles. The number of halogens is 2. The second kappa shape index (κ2) is 3.97. The fourth-order valence-electron chi connectivity index (χ4n) is 1.96. The predicted octanol–water partition coefficient (Wildman–Crippen LogP) is 3.70. The Morgan fingerprint density at radius 2 is 2.00 bits per heavy atom. The molecule has 0 spiro atoms. The van der Waals surface area contributed by atoms with Gasteiger partial charge in [-0.25, -0.2) is 0 Å². The summed E-state index contributed by atoms with van der Waals surface area (Å²) in [4.78, 5) is 0. The average Bonchev–Trinajstić information content (AvgIpc) is 2.93. The van der Waals surface area contributed by atoms with Gasteiger partial charge in [0, 0.05) is 5.41 Å². The summed E-state index contributed by atoms with van der Waals surface area (Å²) < 4.78 is 0. The van der Waals surface area contributed by atoms with E-state index in [9.17, 15) is 5.11 Å². The van der Waals surface area contributed by atoms with Crippen LogP contribution in [0.2, 0.25) is 10.0 Å². The maximum Gasteiger partial charge on any atom is 0.0595 e. The lowest BCUT2D eigenvalue weighted by molar-refractivity contribution is 0.110. The van der Waals surface area contributed by atoms with E-state index in [0.717, 1.165) is 24.8 Å². The van der Waals surface area contributed by atoms with E-state index in [1.165, 1.54) is 0 Å². The van der Waals surface area contributed by atoms with Crippen LogP contribution in [-0.4, -0.2) is 11.2 Å². The molecule has 1 unspecified atom stereocenters. The van der Waals surface area contributed by atoms with Crippen molar-refractivity contribution in [3.63, 3.8) is 0 Å².